The molecule has 1 rings (SSSR count). The fourth-order valence-electron chi connectivity index (χ4n) is 1.04. The first kappa shape index (κ1) is 12.7. The van der Waals surface area contributed by atoms with Gasteiger partial charge in [-0.3, -0.25) is 4.79 Å². The van der Waals surface area contributed by atoms with Crippen molar-refractivity contribution in [3.8, 4) is 0 Å². The Hall–Kier alpha value is -2.36. The summed E-state index contributed by atoms with van der Waals surface area (Å²) < 4.78 is 9.76. The van der Waals surface area contributed by atoms with Crippen molar-refractivity contribution in [3.05, 3.63) is 60.1 Å². The van der Waals surface area contributed by atoms with Gasteiger partial charge in [0.05, 0.1) is 12.7 Å². The number of methoxy groups -OCH3 is 1. The minimum absolute atomic E-state index is 0.279. The lowest BCUT2D eigenvalue weighted by Gasteiger charge is -2.01. The Bertz CT molecular complexity index is 432. The predicted molar refractivity (Wildman–Crippen MR) is 62.2 cm³/mol. The second-order valence-electron chi connectivity index (χ2n) is 2.99. The van der Waals surface area contributed by atoms with Crippen molar-refractivity contribution in [2.75, 3.05) is 7.11 Å². The molecule has 0 saturated heterocycles. The molecule has 0 unspecified atom stereocenters. The monoisotopic (exact) mass is 232 g/mol. The standard InChI is InChI=1S/C13H12O4/c1-16-12(8-5-9-14)10-17-13(15)11-6-3-2-4-7-11/h2-10H,1H3/b8-5+,12-10-. The molecule has 0 N–H and O–H groups in total. The number of rotatable bonds is 5. The molecular formula is C13H12O4. The first-order valence-corrected chi connectivity index (χ1v) is 4.90. The number of carbonyl (C=O) groups excluding carboxylic acids is 2. The average Bonchev–Trinajstić information content (AvgIpc) is 2.39. The quantitative estimate of drug-likeness (QED) is 0.256. The Labute approximate surface area is 99.2 Å². The van der Waals surface area contributed by atoms with Gasteiger partial charge in [0, 0.05) is 0 Å². The lowest BCUT2D eigenvalue weighted by atomic mass is 10.2. The van der Waals surface area contributed by atoms with Gasteiger partial charge in [-0.25, -0.2) is 4.79 Å². The van der Waals surface area contributed by atoms with Gasteiger partial charge in [0.1, 0.15) is 12.5 Å². The molecule has 0 atom stereocenters. The van der Waals surface area contributed by atoms with Crippen LogP contribution in [0.4, 0.5) is 0 Å². The first-order valence-electron chi connectivity index (χ1n) is 4.90. The Morgan fingerprint density at radius 3 is 2.53 bits per heavy atom. The van der Waals surface area contributed by atoms with Crippen LogP contribution >= 0.6 is 0 Å². The molecule has 0 fully saturated rings. The van der Waals surface area contributed by atoms with Crippen molar-refractivity contribution in [2.24, 2.45) is 0 Å². The molecule has 0 aliphatic carbocycles. The largest absolute Gasteiger partial charge is 0.494 e. The van der Waals surface area contributed by atoms with E-state index in [0.29, 0.717) is 11.8 Å². The second kappa shape index (κ2) is 7.00. The Morgan fingerprint density at radius 2 is 1.94 bits per heavy atom. The highest BCUT2D eigenvalue weighted by Crippen LogP contribution is 2.04. The van der Waals surface area contributed by atoms with E-state index < -0.39 is 5.97 Å². The number of aldehydes is 1. The molecule has 4 nitrogen and oxygen atoms in total. The van der Waals surface area contributed by atoms with Gasteiger partial charge in [0.2, 0.25) is 0 Å². The van der Waals surface area contributed by atoms with Crippen LogP contribution < -0.4 is 0 Å². The van der Waals surface area contributed by atoms with E-state index in [0.717, 1.165) is 6.26 Å². The number of hydrogen-bond donors (Lipinski definition) is 0. The highest BCUT2D eigenvalue weighted by molar-refractivity contribution is 5.89. The van der Waals surface area contributed by atoms with Crippen molar-refractivity contribution < 1.29 is 19.1 Å². The number of allylic oxidation sites excluding steroid dienone is 2. The van der Waals surface area contributed by atoms with Crippen LogP contribution in [0.25, 0.3) is 0 Å². The zero-order chi connectivity index (χ0) is 12.5. The Morgan fingerprint density at radius 1 is 1.24 bits per heavy atom. The van der Waals surface area contributed by atoms with Crippen LogP contribution in [0.2, 0.25) is 0 Å². The van der Waals surface area contributed by atoms with E-state index in [1.165, 1.54) is 19.3 Å². The molecule has 0 aromatic heterocycles. The second-order valence-corrected chi connectivity index (χ2v) is 2.99. The van der Waals surface area contributed by atoms with Gasteiger partial charge in [-0.15, -0.1) is 0 Å². The van der Waals surface area contributed by atoms with E-state index in [2.05, 4.69) is 0 Å². The van der Waals surface area contributed by atoms with E-state index in [9.17, 15) is 9.59 Å². The lowest BCUT2D eigenvalue weighted by molar-refractivity contribution is -0.104. The third-order valence-corrected chi connectivity index (χ3v) is 1.87. The van der Waals surface area contributed by atoms with Crippen molar-refractivity contribution in [1.82, 2.24) is 0 Å². The minimum Gasteiger partial charge on any atom is -0.494 e. The van der Waals surface area contributed by atoms with Crippen LogP contribution in [-0.4, -0.2) is 19.4 Å². The van der Waals surface area contributed by atoms with Gasteiger partial charge < -0.3 is 9.47 Å². The molecule has 0 bridgehead atoms. The van der Waals surface area contributed by atoms with Gasteiger partial charge in [-0.05, 0) is 24.3 Å². The fraction of sp³-hybridized carbons (Fsp3) is 0.0769. The zero-order valence-electron chi connectivity index (χ0n) is 9.33. The van der Waals surface area contributed by atoms with Gasteiger partial charge in [-0.2, -0.15) is 0 Å². The molecular weight excluding hydrogens is 220 g/mol. The summed E-state index contributed by atoms with van der Waals surface area (Å²) in [6, 6.07) is 8.57. The van der Waals surface area contributed by atoms with Crippen LogP contribution in [0.15, 0.2) is 54.5 Å². The lowest BCUT2D eigenvalue weighted by Crippen LogP contribution is -2.00. The van der Waals surface area contributed by atoms with Crippen molar-refractivity contribution in [2.45, 2.75) is 0 Å². The van der Waals surface area contributed by atoms with Crippen LogP contribution in [0, 0.1) is 0 Å². The highest BCUT2D eigenvalue weighted by atomic mass is 16.5. The van der Waals surface area contributed by atoms with Crippen molar-refractivity contribution in [3.63, 3.8) is 0 Å². The normalized spacial score (nSPS) is 11.2. The molecule has 1 aromatic carbocycles. The summed E-state index contributed by atoms with van der Waals surface area (Å²) in [7, 11) is 1.41. The van der Waals surface area contributed by atoms with Crippen LogP contribution in [0.3, 0.4) is 0 Å². The molecule has 4 heteroatoms. The number of carbonyl (C=O) groups is 2. The van der Waals surface area contributed by atoms with E-state index in [1.807, 2.05) is 0 Å². The minimum atomic E-state index is -0.486. The van der Waals surface area contributed by atoms with Gasteiger partial charge in [0.15, 0.2) is 5.76 Å². The smallest absolute Gasteiger partial charge is 0.343 e. The molecule has 0 heterocycles. The zero-order valence-corrected chi connectivity index (χ0v) is 9.33. The van der Waals surface area contributed by atoms with Crippen molar-refractivity contribution >= 4 is 12.3 Å². The summed E-state index contributed by atoms with van der Waals surface area (Å²) in [6.45, 7) is 0. The van der Waals surface area contributed by atoms with Crippen molar-refractivity contribution in [1.29, 1.82) is 0 Å². The Balaban J connectivity index is 2.66. The molecule has 0 aliphatic rings. The third-order valence-electron chi connectivity index (χ3n) is 1.87. The molecule has 0 amide bonds. The topological polar surface area (TPSA) is 52.6 Å². The summed E-state index contributed by atoms with van der Waals surface area (Å²) in [5, 5.41) is 0. The third kappa shape index (κ3) is 4.34. The number of benzene rings is 1. The van der Waals surface area contributed by atoms with E-state index in [4.69, 9.17) is 9.47 Å². The molecule has 1 aromatic rings. The first-order chi connectivity index (χ1) is 8.27. The van der Waals surface area contributed by atoms with E-state index >= 15 is 0 Å². The maximum absolute atomic E-state index is 11.5. The summed E-state index contributed by atoms with van der Waals surface area (Å²) in [4.78, 5) is 21.6. The van der Waals surface area contributed by atoms with Gasteiger partial charge in [-0.1, -0.05) is 18.2 Å². The summed E-state index contributed by atoms with van der Waals surface area (Å²) in [5.74, 6) is -0.207. The number of esters is 1. The summed E-state index contributed by atoms with van der Waals surface area (Å²) >= 11 is 0. The summed E-state index contributed by atoms with van der Waals surface area (Å²) in [5.41, 5.74) is 0.443. The molecule has 0 aliphatic heterocycles. The predicted octanol–water partition coefficient (Wildman–Crippen LogP) is 2.09. The molecule has 0 radical (unpaired) electrons. The average molecular weight is 232 g/mol. The fourth-order valence-corrected chi connectivity index (χ4v) is 1.04. The molecule has 17 heavy (non-hydrogen) atoms. The van der Waals surface area contributed by atoms with E-state index in [-0.39, 0.29) is 5.76 Å². The molecule has 88 valence electrons. The van der Waals surface area contributed by atoms with Gasteiger partial charge >= 0.3 is 5.97 Å². The SMILES string of the molecule is COC(=C\OC(=O)c1ccccc1)/C=C/C=O. The maximum atomic E-state index is 11.5. The van der Waals surface area contributed by atoms with Crippen LogP contribution in [-0.2, 0) is 14.3 Å². The maximum Gasteiger partial charge on any atom is 0.343 e. The van der Waals surface area contributed by atoms with Crippen LogP contribution in [0.1, 0.15) is 10.4 Å². The van der Waals surface area contributed by atoms with E-state index in [1.54, 1.807) is 30.3 Å². The number of ether oxygens (including phenoxy) is 2. The molecule has 0 saturated carbocycles. The summed E-state index contributed by atoms with van der Waals surface area (Å²) in [6.07, 6.45) is 4.39. The van der Waals surface area contributed by atoms with Gasteiger partial charge in [0.25, 0.3) is 0 Å². The van der Waals surface area contributed by atoms with Crippen LogP contribution in [0.5, 0.6) is 0 Å². The highest BCUT2D eigenvalue weighted by Gasteiger charge is 2.04. The Kier molecular flexibility index (Phi) is 5.24. The molecule has 0 spiro atoms. The number of hydrogen-bond acceptors (Lipinski definition) is 4.